The lowest BCUT2D eigenvalue weighted by Gasteiger charge is -2.07. The Labute approximate surface area is 93.9 Å². The molecule has 3 heteroatoms. The number of ether oxygens (including phenoxy) is 1. The first kappa shape index (κ1) is 10.2. The lowest BCUT2D eigenvalue weighted by Crippen LogP contribution is -1.89. The SMILES string of the molecule is Cc1ccccc1Oc1ccc(C#N)nc1. The van der Waals surface area contributed by atoms with Gasteiger partial charge in [-0.1, -0.05) is 18.2 Å². The fourth-order valence-corrected chi connectivity index (χ4v) is 1.30. The number of aromatic nitrogens is 1. The molecule has 0 N–H and O–H groups in total. The van der Waals surface area contributed by atoms with E-state index in [1.807, 2.05) is 37.3 Å². The Morgan fingerprint density at radius 3 is 2.62 bits per heavy atom. The molecular weight excluding hydrogens is 200 g/mol. The average Bonchev–Trinajstić information content (AvgIpc) is 2.33. The standard InChI is InChI=1S/C13H10N2O/c1-10-4-2-3-5-13(10)16-12-7-6-11(8-14)15-9-12/h2-7,9H,1H3. The van der Waals surface area contributed by atoms with Crippen LogP contribution in [-0.2, 0) is 0 Å². The zero-order chi connectivity index (χ0) is 11.4. The Hall–Kier alpha value is -2.34. The van der Waals surface area contributed by atoms with Crippen molar-refractivity contribution in [2.24, 2.45) is 0 Å². The lowest BCUT2D eigenvalue weighted by molar-refractivity contribution is 0.476. The second-order valence-corrected chi connectivity index (χ2v) is 3.36. The molecule has 2 rings (SSSR count). The molecule has 0 saturated heterocycles. The molecule has 78 valence electrons. The van der Waals surface area contributed by atoms with Gasteiger partial charge in [0.1, 0.15) is 23.3 Å². The summed E-state index contributed by atoms with van der Waals surface area (Å²) in [6.07, 6.45) is 1.55. The summed E-state index contributed by atoms with van der Waals surface area (Å²) in [5.74, 6) is 1.43. The van der Waals surface area contributed by atoms with E-state index in [2.05, 4.69) is 4.98 Å². The summed E-state index contributed by atoms with van der Waals surface area (Å²) >= 11 is 0. The molecule has 0 amide bonds. The summed E-state index contributed by atoms with van der Waals surface area (Å²) < 4.78 is 5.64. The molecule has 0 aliphatic carbocycles. The number of aryl methyl sites for hydroxylation is 1. The fraction of sp³-hybridized carbons (Fsp3) is 0.0769. The Balaban J connectivity index is 2.22. The van der Waals surface area contributed by atoms with Crippen molar-refractivity contribution in [1.29, 1.82) is 5.26 Å². The van der Waals surface area contributed by atoms with Crippen molar-refractivity contribution in [3.8, 4) is 17.6 Å². The largest absolute Gasteiger partial charge is 0.455 e. The first-order valence-electron chi connectivity index (χ1n) is 4.89. The average molecular weight is 210 g/mol. The number of hydrogen-bond acceptors (Lipinski definition) is 3. The van der Waals surface area contributed by atoms with Crippen molar-refractivity contribution in [1.82, 2.24) is 4.98 Å². The van der Waals surface area contributed by atoms with Gasteiger partial charge in [-0.3, -0.25) is 0 Å². The minimum Gasteiger partial charge on any atom is -0.455 e. The van der Waals surface area contributed by atoms with Crippen LogP contribution in [0, 0.1) is 18.3 Å². The zero-order valence-electron chi connectivity index (χ0n) is 8.84. The number of nitriles is 1. The number of nitrogens with zero attached hydrogens (tertiary/aromatic N) is 2. The van der Waals surface area contributed by atoms with E-state index in [1.54, 1.807) is 18.3 Å². The Kier molecular flexibility index (Phi) is 2.84. The van der Waals surface area contributed by atoms with Gasteiger partial charge in [0.05, 0.1) is 6.20 Å². The molecular formula is C13H10N2O. The van der Waals surface area contributed by atoms with Crippen LogP contribution in [0.25, 0.3) is 0 Å². The van der Waals surface area contributed by atoms with Crippen LogP contribution in [0.4, 0.5) is 0 Å². The van der Waals surface area contributed by atoms with Crippen molar-refractivity contribution in [2.45, 2.75) is 6.92 Å². The fourth-order valence-electron chi connectivity index (χ4n) is 1.30. The van der Waals surface area contributed by atoms with Crippen molar-refractivity contribution in [3.05, 3.63) is 53.9 Å². The highest BCUT2D eigenvalue weighted by Gasteiger charge is 2.00. The van der Waals surface area contributed by atoms with E-state index in [0.717, 1.165) is 11.3 Å². The van der Waals surface area contributed by atoms with Crippen molar-refractivity contribution in [2.75, 3.05) is 0 Å². The molecule has 1 aromatic heterocycles. The third-order valence-corrected chi connectivity index (χ3v) is 2.17. The van der Waals surface area contributed by atoms with Gasteiger partial charge in [-0.25, -0.2) is 4.98 Å². The zero-order valence-corrected chi connectivity index (χ0v) is 8.84. The smallest absolute Gasteiger partial charge is 0.145 e. The van der Waals surface area contributed by atoms with E-state index in [-0.39, 0.29) is 0 Å². The summed E-state index contributed by atoms with van der Waals surface area (Å²) in [6, 6.07) is 13.1. The van der Waals surface area contributed by atoms with Gasteiger partial charge in [-0.2, -0.15) is 5.26 Å². The predicted molar refractivity (Wildman–Crippen MR) is 60.2 cm³/mol. The van der Waals surface area contributed by atoms with Crippen LogP contribution in [0.2, 0.25) is 0 Å². The molecule has 0 atom stereocenters. The molecule has 0 fully saturated rings. The van der Waals surface area contributed by atoms with Gasteiger partial charge in [0.2, 0.25) is 0 Å². The molecule has 2 aromatic rings. The molecule has 0 aliphatic rings. The number of para-hydroxylation sites is 1. The molecule has 0 radical (unpaired) electrons. The normalized spacial score (nSPS) is 9.50. The van der Waals surface area contributed by atoms with Gasteiger partial charge in [0.15, 0.2) is 0 Å². The highest BCUT2D eigenvalue weighted by molar-refractivity contribution is 5.36. The second kappa shape index (κ2) is 4.45. The first-order chi connectivity index (χ1) is 7.79. The molecule has 1 aromatic carbocycles. The number of hydrogen-bond donors (Lipinski definition) is 0. The maximum absolute atomic E-state index is 8.61. The van der Waals surface area contributed by atoms with Crippen LogP contribution in [-0.4, -0.2) is 4.98 Å². The maximum atomic E-state index is 8.61. The van der Waals surface area contributed by atoms with Crippen LogP contribution in [0.1, 0.15) is 11.3 Å². The molecule has 0 unspecified atom stereocenters. The third kappa shape index (κ3) is 2.18. The van der Waals surface area contributed by atoms with Gasteiger partial charge in [-0.15, -0.1) is 0 Å². The van der Waals surface area contributed by atoms with Crippen molar-refractivity contribution < 1.29 is 4.74 Å². The predicted octanol–water partition coefficient (Wildman–Crippen LogP) is 3.05. The molecule has 0 bridgehead atoms. The van der Waals surface area contributed by atoms with Crippen molar-refractivity contribution in [3.63, 3.8) is 0 Å². The third-order valence-electron chi connectivity index (χ3n) is 2.17. The van der Waals surface area contributed by atoms with Crippen LogP contribution < -0.4 is 4.74 Å². The Morgan fingerprint density at radius 1 is 1.19 bits per heavy atom. The monoisotopic (exact) mass is 210 g/mol. The van der Waals surface area contributed by atoms with E-state index >= 15 is 0 Å². The molecule has 1 heterocycles. The highest BCUT2D eigenvalue weighted by atomic mass is 16.5. The molecule has 0 spiro atoms. The molecule has 3 nitrogen and oxygen atoms in total. The van der Waals surface area contributed by atoms with Crippen molar-refractivity contribution >= 4 is 0 Å². The van der Waals surface area contributed by atoms with Crippen LogP contribution in [0.3, 0.4) is 0 Å². The minimum absolute atomic E-state index is 0.386. The van der Waals surface area contributed by atoms with Crippen LogP contribution >= 0.6 is 0 Å². The summed E-state index contributed by atoms with van der Waals surface area (Å²) in [5, 5.41) is 8.61. The van der Waals surface area contributed by atoms with E-state index in [0.29, 0.717) is 11.4 Å². The van der Waals surface area contributed by atoms with Crippen LogP contribution in [0.5, 0.6) is 11.5 Å². The van der Waals surface area contributed by atoms with Gasteiger partial charge in [0.25, 0.3) is 0 Å². The van der Waals surface area contributed by atoms with Crippen LogP contribution in [0.15, 0.2) is 42.6 Å². The molecule has 16 heavy (non-hydrogen) atoms. The number of pyridine rings is 1. The van der Waals surface area contributed by atoms with E-state index in [4.69, 9.17) is 10.00 Å². The van der Waals surface area contributed by atoms with Gasteiger partial charge < -0.3 is 4.74 Å². The highest BCUT2D eigenvalue weighted by Crippen LogP contribution is 2.23. The topological polar surface area (TPSA) is 45.9 Å². The maximum Gasteiger partial charge on any atom is 0.145 e. The Bertz CT molecular complexity index is 526. The molecule has 0 aliphatic heterocycles. The summed E-state index contributed by atoms with van der Waals surface area (Å²) in [4.78, 5) is 3.94. The lowest BCUT2D eigenvalue weighted by atomic mass is 10.2. The van der Waals surface area contributed by atoms with E-state index in [9.17, 15) is 0 Å². The summed E-state index contributed by atoms with van der Waals surface area (Å²) in [7, 11) is 0. The van der Waals surface area contributed by atoms with Gasteiger partial charge in [0, 0.05) is 0 Å². The Morgan fingerprint density at radius 2 is 2.00 bits per heavy atom. The molecule has 0 saturated carbocycles. The van der Waals surface area contributed by atoms with Gasteiger partial charge >= 0.3 is 0 Å². The quantitative estimate of drug-likeness (QED) is 0.765. The second-order valence-electron chi connectivity index (χ2n) is 3.36. The summed E-state index contributed by atoms with van der Waals surface area (Å²) in [6.45, 7) is 1.98. The van der Waals surface area contributed by atoms with E-state index < -0.39 is 0 Å². The first-order valence-corrected chi connectivity index (χ1v) is 4.89. The minimum atomic E-state index is 0.386. The van der Waals surface area contributed by atoms with Gasteiger partial charge in [-0.05, 0) is 30.7 Å². The summed E-state index contributed by atoms with van der Waals surface area (Å²) in [5.41, 5.74) is 1.45. The number of rotatable bonds is 2. The number of benzene rings is 1. The van der Waals surface area contributed by atoms with E-state index in [1.165, 1.54) is 0 Å².